The summed E-state index contributed by atoms with van der Waals surface area (Å²) in [7, 11) is -4.26. The average Bonchev–Trinajstić information content (AvgIpc) is 2.97. The van der Waals surface area contributed by atoms with E-state index in [2.05, 4.69) is 0 Å². The summed E-state index contributed by atoms with van der Waals surface area (Å²) in [6.45, 7) is -0.526. The van der Waals surface area contributed by atoms with Crippen LogP contribution >= 0.6 is 0 Å². The number of nitrogens with zero attached hydrogens (tertiary/aromatic N) is 3. The number of aromatic nitrogens is 2. The number of hydrogen-bond acceptors (Lipinski definition) is 7. The molecule has 0 spiro atoms. The molecule has 4 rings (SSSR count). The third-order valence-electron chi connectivity index (χ3n) is 4.88. The fraction of sp³-hybridized carbons (Fsp3) is 0.158. The van der Waals surface area contributed by atoms with Gasteiger partial charge in [-0.15, -0.1) is 0 Å². The van der Waals surface area contributed by atoms with Crippen molar-refractivity contribution < 1.29 is 22.5 Å². The van der Waals surface area contributed by atoms with Gasteiger partial charge in [-0.05, 0) is 18.2 Å². The number of nitro groups is 1. The van der Waals surface area contributed by atoms with Crippen LogP contribution in [0.4, 0.5) is 15.8 Å². The van der Waals surface area contributed by atoms with E-state index in [1.165, 1.54) is 0 Å². The lowest BCUT2D eigenvalue weighted by Crippen LogP contribution is -2.41. The largest absolute Gasteiger partial charge is 0.351 e. The van der Waals surface area contributed by atoms with Gasteiger partial charge in [0.1, 0.15) is 0 Å². The van der Waals surface area contributed by atoms with Gasteiger partial charge in [0.25, 0.3) is 21.3 Å². The number of hydrogen-bond donors (Lipinski definition) is 1. The number of halogens is 1. The van der Waals surface area contributed by atoms with Crippen LogP contribution in [0.1, 0.15) is 11.8 Å². The van der Waals surface area contributed by atoms with Crippen molar-refractivity contribution in [3.8, 4) is 0 Å². The third-order valence-corrected chi connectivity index (χ3v) is 6.68. The molecule has 166 valence electrons. The van der Waals surface area contributed by atoms with Crippen LogP contribution in [0.25, 0.3) is 0 Å². The van der Waals surface area contributed by atoms with Gasteiger partial charge in [-0.1, -0.05) is 18.2 Å². The Labute approximate surface area is 179 Å². The van der Waals surface area contributed by atoms with E-state index >= 15 is 0 Å². The van der Waals surface area contributed by atoms with Gasteiger partial charge in [-0.25, -0.2) is 13.2 Å². The third kappa shape index (κ3) is 3.78. The summed E-state index contributed by atoms with van der Waals surface area (Å²) in [6, 6.07) is 10.8. The Morgan fingerprint density at radius 3 is 2.50 bits per heavy atom. The Hall–Kier alpha value is -3.84. The van der Waals surface area contributed by atoms with Gasteiger partial charge in [-0.2, -0.15) is 4.39 Å². The van der Waals surface area contributed by atoms with Gasteiger partial charge in [-0.3, -0.25) is 28.8 Å². The average molecular weight is 462 g/mol. The van der Waals surface area contributed by atoms with Crippen LogP contribution in [0, 0.1) is 15.9 Å². The highest BCUT2D eigenvalue weighted by Crippen LogP contribution is 2.33. The molecular formula is C19H15FN4O7S. The lowest BCUT2D eigenvalue weighted by atomic mass is 10.2. The number of anilines is 1. The summed E-state index contributed by atoms with van der Waals surface area (Å²) in [5.41, 5.74) is -1.71. The van der Waals surface area contributed by atoms with Crippen LogP contribution in [0.2, 0.25) is 0 Å². The number of aromatic amines is 1. The van der Waals surface area contributed by atoms with E-state index in [0.29, 0.717) is 11.8 Å². The second kappa shape index (κ2) is 8.01. The summed E-state index contributed by atoms with van der Waals surface area (Å²) < 4.78 is 48.2. The Morgan fingerprint density at radius 1 is 1.12 bits per heavy atom. The van der Waals surface area contributed by atoms with Crippen LogP contribution in [0.5, 0.6) is 0 Å². The van der Waals surface area contributed by atoms with Crippen molar-refractivity contribution in [2.45, 2.75) is 17.7 Å². The first kappa shape index (κ1) is 21.4. The normalized spacial score (nSPS) is 16.3. The van der Waals surface area contributed by atoms with Crippen molar-refractivity contribution in [3.05, 3.63) is 97.1 Å². The molecule has 13 heteroatoms. The highest BCUT2D eigenvalue weighted by Gasteiger charge is 2.33. The fourth-order valence-electron chi connectivity index (χ4n) is 3.29. The molecular weight excluding hydrogens is 447 g/mol. The van der Waals surface area contributed by atoms with Gasteiger partial charge in [0.15, 0.2) is 6.23 Å². The predicted octanol–water partition coefficient (Wildman–Crippen LogP) is 1.51. The highest BCUT2D eigenvalue weighted by atomic mass is 32.2. The first-order valence-electron chi connectivity index (χ1n) is 9.16. The standard InChI is InChI=1S/C19H15FN4O7S/c20-15-9-22(19(26)21-18(15)25)17-10-23(16-4-2-1-3-12(16)11-31-17)32(29,30)14-7-5-13(6-8-14)24(27)28/h1-9,17H,10-11H2,(H,21,25,26). The number of ether oxygens (including phenoxy) is 1. The highest BCUT2D eigenvalue weighted by molar-refractivity contribution is 7.92. The van der Waals surface area contributed by atoms with Gasteiger partial charge >= 0.3 is 5.69 Å². The number of non-ortho nitro benzene ring substituents is 1. The first-order chi connectivity index (χ1) is 15.2. The molecule has 0 saturated heterocycles. The molecule has 0 fully saturated rings. The molecule has 2 heterocycles. The molecule has 2 aromatic carbocycles. The number of para-hydroxylation sites is 1. The van der Waals surface area contributed by atoms with Gasteiger partial charge in [0, 0.05) is 17.7 Å². The molecule has 1 N–H and O–H groups in total. The quantitative estimate of drug-likeness (QED) is 0.457. The molecule has 1 aliphatic heterocycles. The van der Waals surface area contributed by atoms with E-state index in [-0.39, 0.29) is 22.9 Å². The van der Waals surface area contributed by atoms with Gasteiger partial charge in [0.05, 0.1) is 34.9 Å². The maximum atomic E-state index is 13.8. The zero-order chi connectivity index (χ0) is 23.0. The van der Waals surface area contributed by atoms with E-state index in [1.54, 1.807) is 24.3 Å². The summed E-state index contributed by atoms with van der Waals surface area (Å²) in [4.78, 5) is 35.4. The molecule has 0 aliphatic carbocycles. The lowest BCUT2D eigenvalue weighted by molar-refractivity contribution is -0.384. The summed E-state index contributed by atoms with van der Waals surface area (Å²) in [5.74, 6) is -1.24. The second-order valence-corrected chi connectivity index (χ2v) is 8.69. The SMILES string of the molecule is O=c1[nH]c(=O)n(C2CN(S(=O)(=O)c3ccc([N+](=O)[O-])cc3)c3ccccc3CO2)cc1F. The van der Waals surface area contributed by atoms with Crippen LogP contribution < -0.4 is 15.6 Å². The molecule has 1 aromatic heterocycles. The number of H-pyrrole nitrogens is 1. The van der Waals surface area contributed by atoms with E-state index in [0.717, 1.165) is 33.1 Å². The van der Waals surface area contributed by atoms with E-state index in [4.69, 9.17) is 4.74 Å². The maximum absolute atomic E-state index is 13.8. The Balaban J connectivity index is 1.82. The van der Waals surface area contributed by atoms with Crippen molar-refractivity contribution in [2.24, 2.45) is 0 Å². The van der Waals surface area contributed by atoms with Crippen LogP contribution in [-0.4, -0.2) is 29.4 Å². The molecule has 0 bridgehead atoms. The van der Waals surface area contributed by atoms with Crippen molar-refractivity contribution in [2.75, 3.05) is 10.8 Å². The second-order valence-electron chi connectivity index (χ2n) is 6.83. The zero-order valence-electron chi connectivity index (χ0n) is 16.2. The molecule has 0 amide bonds. The number of fused-ring (bicyclic) bond motifs is 1. The van der Waals surface area contributed by atoms with E-state index in [1.807, 2.05) is 4.98 Å². The molecule has 11 nitrogen and oxygen atoms in total. The molecule has 1 unspecified atom stereocenters. The van der Waals surface area contributed by atoms with Crippen LogP contribution in [0.3, 0.4) is 0 Å². The topological polar surface area (TPSA) is 145 Å². The number of rotatable bonds is 4. The summed E-state index contributed by atoms with van der Waals surface area (Å²) >= 11 is 0. The molecule has 0 radical (unpaired) electrons. The van der Waals surface area contributed by atoms with Crippen LogP contribution in [-0.2, 0) is 21.4 Å². The Bertz CT molecular complexity index is 1420. The van der Waals surface area contributed by atoms with Gasteiger partial charge in [0.2, 0.25) is 5.82 Å². The van der Waals surface area contributed by atoms with E-state index in [9.17, 15) is 32.5 Å². The minimum Gasteiger partial charge on any atom is -0.351 e. The number of benzene rings is 2. The van der Waals surface area contributed by atoms with Crippen molar-refractivity contribution in [1.82, 2.24) is 9.55 Å². The Kier molecular flexibility index (Phi) is 5.36. The minimum atomic E-state index is -4.26. The molecule has 0 saturated carbocycles. The number of nitro benzene ring substituents is 1. The zero-order valence-corrected chi connectivity index (χ0v) is 17.0. The predicted molar refractivity (Wildman–Crippen MR) is 109 cm³/mol. The van der Waals surface area contributed by atoms with Crippen molar-refractivity contribution >= 4 is 21.4 Å². The Morgan fingerprint density at radius 2 is 1.81 bits per heavy atom. The monoisotopic (exact) mass is 462 g/mol. The number of nitrogens with one attached hydrogen (secondary N) is 1. The maximum Gasteiger partial charge on any atom is 0.330 e. The summed E-state index contributed by atoms with van der Waals surface area (Å²) in [5, 5.41) is 10.9. The lowest BCUT2D eigenvalue weighted by Gasteiger charge is -2.27. The molecule has 3 aromatic rings. The molecule has 1 atom stereocenters. The first-order valence-corrected chi connectivity index (χ1v) is 10.6. The summed E-state index contributed by atoms with van der Waals surface area (Å²) in [6.07, 6.45) is -0.618. The van der Waals surface area contributed by atoms with E-state index < -0.39 is 44.8 Å². The van der Waals surface area contributed by atoms with Crippen LogP contribution in [0.15, 0.2) is 69.2 Å². The minimum absolute atomic E-state index is 0.0969. The fourth-order valence-corrected chi connectivity index (χ4v) is 4.79. The molecule has 32 heavy (non-hydrogen) atoms. The van der Waals surface area contributed by atoms with Crippen molar-refractivity contribution in [1.29, 1.82) is 0 Å². The smallest absolute Gasteiger partial charge is 0.330 e. The molecule has 1 aliphatic rings. The van der Waals surface area contributed by atoms with Gasteiger partial charge < -0.3 is 4.74 Å². The number of sulfonamides is 1. The van der Waals surface area contributed by atoms with Crippen molar-refractivity contribution in [3.63, 3.8) is 0 Å².